The van der Waals surface area contributed by atoms with Crippen LogP contribution in [0, 0.1) is 12.1 Å². The maximum atomic E-state index is 12.0. The zero-order chi connectivity index (χ0) is 16.2. The molecule has 0 radical (unpaired) electrons. The Morgan fingerprint density at radius 3 is 2.62 bits per heavy atom. The van der Waals surface area contributed by atoms with Crippen LogP contribution in [0.4, 0.5) is 8.78 Å². The number of hydrogen-bond acceptors (Lipinski definition) is 5. The molecule has 9 heteroatoms. The van der Waals surface area contributed by atoms with Gasteiger partial charge in [0.2, 0.25) is 14.2 Å². The van der Waals surface area contributed by atoms with Gasteiger partial charge < -0.3 is 5.21 Å². The number of rotatable bonds is 6. The number of halogens is 2. The fourth-order valence-corrected chi connectivity index (χ4v) is 3.94. The molecule has 0 aromatic carbocycles. The molecule has 1 aromatic heterocycles. The summed E-state index contributed by atoms with van der Waals surface area (Å²) in [5, 5.41) is 11.6. The molecular weight excluding hydrogens is 322 g/mol. The Hall–Kier alpha value is -1.35. The summed E-state index contributed by atoms with van der Waals surface area (Å²) in [6, 6.07) is -0.274. The van der Waals surface area contributed by atoms with Crippen LogP contribution in [-0.2, 0) is 9.84 Å². The number of aromatic nitrogens is 1. The molecule has 0 amide bonds. The minimum Gasteiger partial charge on any atom is -0.624 e. The quantitative estimate of drug-likeness (QED) is 0.346. The summed E-state index contributed by atoms with van der Waals surface area (Å²) < 4.78 is 48.3. The van der Waals surface area contributed by atoms with Crippen LogP contribution < -0.4 is 0 Å². The van der Waals surface area contributed by atoms with Gasteiger partial charge in [-0.3, -0.25) is 0 Å². The van der Waals surface area contributed by atoms with E-state index in [1.807, 2.05) is 0 Å². The lowest BCUT2D eigenvalue weighted by molar-refractivity contribution is -0.486. The van der Waals surface area contributed by atoms with Crippen LogP contribution in [-0.4, -0.2) is 36.1 Å². The third kappa shape index (κ3) is 5.16. The minimum atomic E-state index is -3.72. The number of thiazole rings is 1. The van der Waals surface area contributed by atoms with E-state index in [0.717, 1.165) is 11.3 Å². The molecular formula is C12H16F2N2O3S2. The monoisotopic (exact) mass is 338 g/mol. The summed E-state index contributed by atoms with van der Waals surface area (Å²) in [5.41, 5.74) is 0.423. The van der Waals surface area contributed by atoms with Crippen molar-refractivity contribution in [1.29, 1.82) is 0 Å². The van der Waals surface area contributed by atoms with E-state index in [1.165, 1.54) is 6.21 Å². The van der Waals surface area contributed by atoms with Crippen LogP contribution >= 0.6 is 11.3 Å². The number of nitrogens with zero attached hydrogens (tertiary/aromatic N) is 2. The van der Waals surface area contributed by atoms with Crippen LogP contribution in [0.5, 0.6) is 0 Å². The highest BCUT2D eigenvalue weighted by molar-refractivity contribution is 7.93. The highest BCUT2D eigenvalue weighted by Crippen LogP contribution is 2.22. The molecule has 0 N–H and O–H groups in total. The summed E-state index contributed by atoms with van der Waals surface area (Å²) in [6.45, 7) is 5.00. The van der Waals surface area contributed by atoms with Gasteiger partial charge in [0, 0.05) is 0 Å². The Balaban J connectivity index is 3.00. The molecule has 5 nitrogen and oxygen atoms in total. The maximum absolute atomic E-state index is 12.0. The van der Waals surface area contributed by atoms with Crippen molar-refractivity contribution >= 4 is 27.4 Å². The van der Waals surface area contributed by atoms with Gasteiger partial charge in [0.05, 0.1) is 11.4 Å². The molecule has 118 valence electrons. The van der Waals surface area contributed by atoms with Crippen LogP contribution in [0.25, 0.3) is 0 Å². The van der Waals surface area contributed by atoms with Gasteiger partial charge in [0.15, 0.2) is 12.3 Å². The largest absolute Gasteiger partial charge is 0.624 e. The first-order valence-electron chi connectivity index (χ1n) is 6.15. The third-order valence-electron chi connectivity index (χ3n) is 2.52. The molecule has 0 fully saturated rings. The van der Waals surface area contributed by atoms with Crippen LogP contribution in [0.1, 0.15) is 30.8 Å². The zero-order valence-corrected chi connectivity index (χ0v) is 13.5. The first kappa shape index (κ1) is 17.7. The molecule has 0 aliphatic rings. The van der Waals surface area contributed by atoms with Gasteiger partial charge in [0.25, 0.3) is 6.08 Å². The molecule has 0 spiro atoms. The summed E-state index contributed by atoms with van der Waals surface area (Å²) in [7, 11) is -3.72. The number of hydrogen-bond donors (Lipinski definition) is 0. The number of sulfone groups is 1. The Morgan fingerprint density at radius 2 is 2.10 bits per heavy atom. The van der Waals surface area contributed by atoms with Gasteiger partial charge in [-0.25, -0.2) is 18.1 Å². The topological polar surface area (TPSA) is 73.1 Å². The van der Waals surface area contributed by atoms with Gasteiger partial charge in [-0.05, 0) is 33.3 Å². The normalized spacial score (nSPS) is 12.8. The molecule has 0 unspecified atom stereocenters. The van der Waals surface area contributed by atoms with Crippen LogP contribution in [0.3, 0.4) is 0 Å². The molecule has 0 atom stereocenters. The molecule has 0 saturated heterocycles. The Bertz CT molecular complexity index is 660. The number of allylic oxidation sites excluding steroid dienone is 1. The first-order chi connectivity index (χ1) is 9.63. The zero-order valence-electron chi connectivity index (χ0n) is 11.8. The average Bonchev–Trinajstić information content (AvgIpc) is 2.70. The van der Waals surface area contributed by atoms with Crippen LogP contribution in [0.15, 0.2) is 16.5 Å². The van der Waals surface area contributed by atoms with Crippen molar-refractivity contribution in [2.24, 2.45) is 0 Å². The van der Waals surface area contributed by atoms with E-state index in [9.17, 15) is 22.4 Å². The predicted molar refractivity (Wildman–Crippen MR) is 77.7 cm³/mol. The first-order valence-corrected chi connectivity index (χ1v) is 8.62. The van der Waals surface area contributed by atoms with Crippen molar-refractivity contribution in [2.75, 3.05) is 5.75 Å². The molecule has 1 aromatic rings. The van der Waals surface area contributed by atoms with Gasteiger partial charge >= 0.3 is 0 Å². The second kappa shape index (κ2) is 7.08. The molecule has 0 saturated carbocycles. The Morgan fingerprint density at radius 1 is 1.48 bits per heavy atom. The standard InChI is InChI=1S/C12H16F2N2O3S2/c1-8(2)16(17)7-10-9(3)15-12(20-10)21(18,19)6-4-5-11(13)14/h5,7-8H,4,6H2,1-3H3/b16-7-. The lowest BCUT2D eigenvalue weighted by Gasteiger charge is -2.05. The molecule has 1 rings (SSSR count). The number of hydroxylamine groups is 1. The van der Waals surface area contributed by atoms with E-state index >= 15 is 0 Å². The van der Waals surface area contributed by atoms with E-state index in [2.05, 4.69) is 4.98 Å². The SMILES string of the molecule is Cc1nc(S(=O)(=O)CCC=C(F)F)sc1/C=[N+](\[O-])C(C)C. The highest BCUT2D eigenvalue weighted by Gasteiger charge is 2.21. The molecule has 0 aliphatic heterocycles. The number of aryl methyl sites for hydroxylation is 1. The van der Waals surface area contributed by atoms with E-state index in [1.54, 1.807) is 20.8 Å². The summed E-state index contributed by atoms with van der Waals surface area (Å²) >= 11 is 0.867. The van der Waals surface area contributed by atoms with Crippen molar-refractivity contribution < 1.29 is 21.9 Å². The van der Waals surface area contributed by atoms with Crippen molar-refractivity contribution in [2.45, 2.75) is 37.6 Å². The van der Waals surface area contributed by atoms with Gasteiger partial charge in [0.1, 0.15) is 4.88 Å². The fourth-order valence-electron chi connectivity index (χ4n) is 1.31. The molecule has 21 heavy (non-hydrogen) atoms. The third-order valence-corrected chi connectivity index (χ3v) is 5.81. The second-order valence-electron chi connectivity index (χ2n) is 4.61. The van der Waals surface area contributed by atoms with Crippen LogP contribution in [0.2, 0.25) is 0 Å². The Kier molecular flexibility index (Phi) is 5.97. The molecule has 0 bridgehead atoms. The van der Waals surface area contributed by atoms with Crippen molar-refractivity contribution in [3.8, 4) is 0 Å². The van der Waals surface area contributed by atoms with Gasteiger partial charge in [-0.1, -0.05) is 11.3 Å². The summed E-state index contributed by atoms with van der Waals surface area (Å²) in [5.74, 6) is -0.442. The molecule has 1 heterocycles. The maximum Gasteiger partial charge on any atom is 0.266 e. The van der Waals surface area contributed by atoms with Crippen molar-refractivity contribution in [3.63, 3.8) is 0 Å². The Labute approximate surface area is 126 Å². The van der Waals surface area contributed by atoms with E-state index in [-0.39, 0.29) is 16.8 Å². The average molecular weight is 338 g/mol. The van der Waals surface area contributed by atoms with Crippen molar-refractivity contribution in [1.82, 2.24) is 4.98 Å². The van der Waals surface area contributed by atoms with Gasteiger partial charge in [-0.15, -0.1) is 0 Å². The van der Waals surface area contributed by atoms with E-state index < -0.39 is 21.7 Å². The summed E-state index contributed by atoms with van der Waals surface area (Å²) in [6.07, 6.45) is -0.336. The smallest absolute Gasteiger partial charge is 0.266 e. The predicted octanol–water partition coefficient (Wildman–Crippen LogP) is 2.73. The van der Waals surface area contributed by atoms with E-state index in [4.69, 9.17) is 0 Å². The second-order valence-corrected chi connectivity index (χ2v) is 7.93. The lowest BCUT2D eigenvalue weighted by atomic mass is 10.4. The fraction of sp³-hybridized carbons (Fsp3) is 0.500. The minimum absolute atomic E-state index is 0.156. The summed E-state index contributed by atoms with van der Waals surface area (Å²) in [4.78, 5) is 4.37. The lowest BCUT2D eigenvalue weighted by Crippen LogP contribution is -2.14. The van der Waals surface area contributed by atoms with Gasteiger partial charge in [-0.2, -0.15) is 8.78 Å². The highest BCUT2D eigenvalue weighted by atomic mass is 32.2. The van der Waals surface area contributed by atoms with Crippen molar-refractivity contribution in [3.05, 3.63) is 27.9 Å². The molecule has 0 aliphatic carbocycles. The van der Waals surface area contributed by atoms with E-state index in [0.29, 0.717) is 21.4 Å².